The maximum absolute atomic E-state index is 12.8. The molecule has 0 aromatic heterocycles. The molecular formula is C22H21ClN2O3S. The smallest absolute Gasteiger partial charge is 0.240 e. The Morgan fingerprint density at radius 3 is 2.45 bits per heavy atom. The number of anilines is 2. The quantitative estimate of drug-likeness (QED) is 0.649. The van der Waals surface area contributed by atoms with Crippen molar-refractivity contribution in [3.05, 3.63) is 65.7 Å². The molecule has 0 atom stereocenters. The molecule has 1 aliphatic rings. The fourth-order valence-corrected chi connectivity index (χ4v) is 4.98. The Bertz CT molecular complexity index is 1170. The van der Waals surface area contributed by atoms with Crippen molar-refractivity contribution in [2.24, 2.45) is 0 Å². The highest BCUT2D eigenvalue weighted by atomic mass is 35.5. The average molecular weight is 429 g/mol. The van der Waals surface area contributed by atoms with E-state index in [0.717, 1.165) is 42.4 Å². The maximum Gasteiger partial charge on any atom is 0.240 e. The van der Waals surface area contributed by atoms with Crippen molar-refractivity contribution in [2.45, 2.75) is 17.7 Å². The normalized spacial score (nSPS) is 14.3. The third kappa shape index (κ3) is 4.38. The van der Waals surface area contributed by atoms with Crippen LogP contribution >= 0.6 is 11.6 Å². The standard InChI is InChI=1S/C22H21ClN2O3S/c23-18-8-10-21(25-11-3-4-12-25)20(14-18)24-22(26)15-29(27,28)19-9-7-16-5-1-2-6-17(16)13-19/h1-2,5-10,13-14H,3-4,11-12,15H2,(H,24,26). The van der Waals surface area contributed by atoms with Crippen molar-refractivity contribution in [1.29, 1.82) is 0 Å². The summed E-state index contributed by atoms with van der Waals surface area (Å²) in [6.07, 6.45) is 2.18. The van der Waals surface area contributed by atoms with Gasteiger partial charge < -0.3 is 10.2 Å². The van der Waals surface area contributed by atoms with Crippen LogP contribution in [-0.4, -0.2) is 33.2 Å². The number of hydrogen-bond donors (Lipinski definition) is 1. The fraction of sp³-hybridized carbons (Fsp3) is 0.227. The molecule has 1 saturated heterocycles. The van der Waals surface area contributed by atoms with E-state index in [1.165, 1.54) is 0 Å². The Kier molecular flexibility index (Phi) is 5.48. The zero-order valence-electron chi connectivity index (χ0n) is 15.8. The summed E-state index contributed by atoms with van der Waals surface area (Å²) in [4.78, 5) is 14.9. The van der Waals surface area contributed by atoms with Crippen LogP contribution in [-0.2, 0) is 14.6 Å². The van der Waals surface area contributed by atoms with Gasteiger partial charge in [0.15, 0.2) is 9.84 Å². The number of sulfone groups is 1. The summed E-state index contributed by atoms with van der Waals surface area (Å²) in [5, 5.41) is 5.00. The summed E-state index contributed by atoms with van der Waals surface area (Å²) < 4.78 is 25.6. The number of carbonyl (C=O) groups is 1. The monoisotopic (exact) mass is 428 g/mol. The molecule has 3 aromatic rings. The molecule has 1 N–H and O–H groups in total. The first-order valence-corrected chi connectivity index (χ1v) is 11.5. The second-order valence-corrected chi connectivity index (χ2v) is 9.60. The molecule has 1 amide bonds. The highest BCUT2D eigenvalue weighted by Crippen LogP contribution is 2.31. The van der Waals surface area contributed by atoms with Crippen LogP contribution in [0, 0.1) is 0 Å². The molecule has 1 heterocycles. The van der Waals surface area contributed by atoms with Gasteiger partial charge in [0.1, 0.15) is 5.75 Å². The SMILES string of the molecule is O=C(CS(=O)(=O)c1ccc2ccccc2c1)Nc1cc(Cl)ccc1N1CCCC1. The van der Waals surface area contributed by atoms with Crippen molar-refractivity contribution >= 4 is 49.5 Å². The van der Waals surface area contributed by atoms with Crippen LogP contribution in [0.5, 0.6) is 0 Å². The van der Waals surface area contributed by atoms with E-state index in [4.69, 9.17) is 11.6 Å². The molecule has 0 radical (unpaired) electrons. The fourth-order valence-electron chi connectivity index (χ4n) is 3.65. The molecular weight excluding hydrogens is 408 g/mol. The molecule has 5 nitrogen and oxygen atoms in total. The third-order valence-electron chi connectivity index (χ3n) is 5.08. The van der Waals surface area contributed by atoms with Gasteiger partial charge in [0.2, 0.25) is 5.91 Å². The largest absolute Gasteiger partial charge is 0.370 e. The lowest BCUT2D eigenvalue weighted by Gasteiger charge is -2.22. The molecule has 0 spiro atoms. The molecule has 4 rings (SSSR count). The molecule has 0 unspecified atom stereocenters. The molecule has 7 heteroatoms. The summed E-state index contributed by atoms with van der Waals surface area (Å²) in [6, 6.07) is 17.7. The number of halogens is 1. The van der Waals surface area contributed by atoms with E-state index in [1.807, 2.05) is 30.3 Å². The first kappa shape index (κ1) is 19.7. The van der Waals surface area contributed by atoms with Gasteiger partial charge in [-0.1, -0.05) is 41.9 Å². The lowest BCUT2D eigenvalue weighted by Crippen LogP contribution is -2.25. The first-order chi connectivity index (χ1) is 13.9. The summed E-state index contributed by atoms with van der Waals surface area (Å²) >= 11 is 6.10. The van der Waals surface area contributed by atoms with E-state index in [0.29, 0.717) is 10.7 Å². The number of fused-ring (bicyclic) bond motifs is 1. The molecule has 29 heavy (non-hydrogen) atoms. The molecule has 0 aliphatic carbocycles. The number of benzene rings is 3. The Balaban J connectivity index is 1.55. The second-order valence-electron chi connectivity index (χ2n) is 7.17. The van der Waals surface area contributed by atoms with Gasteiger partial charge in [-0.05, 0) is 53.9 Å². The van der Waals surface area contributed by atoms with Gasteiger partial charge in [0.05, 0.1) is 16.3 Å². The van der Waals surface area contributed by atoms with Gasteiger partial charge in [0.25, 0.3) is 0 Å². The van der Waals surface area contributed by atoms with Crippen LogP contribution in [0.1, 0.15) is 12.8 Å². The van der Waals surface area contributed by atoms with Crippen molar-refractivity contribution in [3.8, 4) is 0 Å². The average Bonchev–Trinajstić information content (AvgIpc) is 3.21. The summed E-state index contributed by atoms with van der Waals surface area (Å²) in [5.41, 5.74) is 1.40. The van der Waals surface area contributed by atoms with E-state index in [2.05, 4.69) is 10.2 Å². The number of amides is 1. The summed E-state index contributed by atoms with van der Waals surface area (Å²) in [6.45, 7) is 1.81. The lowest BCUT2D eigenvalue weighted by atomic mass is 10.1. The number of hydrogen-bond acceptors (Lipinski definition) is 4. The van der Waals surface area contributed by atoms with Crippen LogP contribution in [0.15, 0.2) is 65.6 Å². The van der Waals surface area contributed by atoms with Crippen molar-refractivity contribution in [3.63, 3.8) is 0 Å². The summed E-state index contributed by atoms with van der Waals surface area (Å²) in [5.74, 6) is -1.21. The van der Waals surface area contributed by atoms with Gasteiger partial charge in [-0.15, -0.1) is 0 Å². The van der Waals surface area contributed by atoms with Crippen LogP contribution in [0.3, 0.4) is 0 Å². The van der Waals surface area contributed by atoms with E-state index in [-0.39, 0.29) is 4.90 Å². The topological polar surface area (TPSA) is 66.5 Å². The molecule has 1 aliphatic heterocycles. The highest BCUT2D eigenvalue weighted by Gasteiger charge is 2.22. The maximum atomic E-state index is 12.8. The van der Waals surface area contributed by atoms with Crippen molar-refractivity contribution < 1.29 is 13.2 Å². The Morgan fingerprint density at radius 2 is 1.69 bits per heavy atom. The minimum Gasteiger partial charge on any atom is -0.370 e. The van der Waals surface area contributed by atoms with Crippen molar-refractivity contribution in [2.75, 3.05) is 29.1 Å². The van der Waals surface area contributed by atoms with E-state index in [1.54, 1.807) is 30.3 Å². The number of nitrogens with zero attached hydrogens (tertiary/aromatic N) is 1. The minimum atomic E-state index is -3.77. The van der Waals surface area contributed by atoms with E-state index in [9.17, 15) is 13.2 Å². The first-order valence-electron chi connectivity index (χ1n) is 9.48. The van der Waals surface area contributed by atoms with Crippen LogP contribution in [0.2, 0.25) is 5.02 Å². The molecule has 0 bridgehead atoms. The third-order valence-corrected chi connectivity index (χ3v) is 6.93. The minimum absolute atomic E-state index is 0.136. The molecule has 3 aromatic carbocycles. The predicted molar refractivity (Wildman–Crippen MR) is 118 cm³/mol. The van der Waals surface area contributed by atoms with Crippen LogP contribution < -0.4 is 10.2 Å². The zero-order valence-corrected chi connectivity index (χ0v) is 17.3. The van der Waals surface area contributed by atoms with Gasteiger partial charge >= 0.3 is 0 Å². The number of carbonyl (C=O) groups excluding carboxylic acids is 1. The lowest BCUT2D eigenvalue weighted by molar-refractivity contribution is -0.113. The Morgan fingerprint density at radius 1 is 0.966 bits per heavy atom. The van der Waals surface area contributed by atoms with Crippen LogP contribution in [0.25, 0.3) is 10.8 Å². The van der Waals surface area contributed by atoms with E-state index >= 15 is 0 Å². The van der Waals surface area contributed by atoms with E-state index < -0.39 is 21.5 Å². The number of rotatable bonds is 5. The molecule has 0 saturated carbocycles. The van der Waals surface area contributed by atoms with Gasteiger partial charge in [0, 0.05) is 18.1 Å². The second kappa shape index (κ2) is 8.05. The number of nitrogens with one attached hydrogen (secondary N) is 1. The van der Waals surface area contributed by atoms with Crippen LogP contribution in [0.4, 0.5) is 11.4 Å². The Labute approximate surface area is 175 Å². The summed E-state index contributed by atoms with van der Waals surface area (Å²) in [7, 11) is -3.77. The van der Waals surface area contributed by atoms with Gasteiger partial charge in [-0.3, -0.25) is 4.79 Å². The van der Waals surface area contributed by atoms with Gasteiger partial charge in [-0.2, -0.15) is 0 Å². The highest BCUT2D eigenvalue weighted by molar-refractivity contribution is 7.92. The molecule has 150 valence electrons. The zero-order chi connectivity index (χ0) is 20.4. The molecule has 1 fully saturated rings. The van der Waals surface area contributed by atoms with Gasteiger partial charge in [-0.25, -0.2) is 8.42 Å². The van der Waals surface area contributed by atoms with Crippen molar-refractivity contribution in [1.82, 2.24) is 0 Å². The predicted octanol–water partition coefficient (Wildman–Crippen LogP) is 4.51. The Hall–Kier alpha value is -2.57.